The van der Waals surface area contributed by atoms with Crippen molar-refractivity contribution in [1.82, 2.24) is 9.38 Å². The Morgan fingerprint density at radius 2 is 1.75 bits per heavy atom. The second-order valence-electron chi connectivity index (χ2n) is 7.17. The Balaban J connectivity index is 0.00000192. The summed E-state index contributed by atoms with van der Waals surface area (Å²) in [7, 11) is 0. The fourth-order valence-corrected chi connectivity index (χ4v) is 4.17. The predicted octanol–water partition coefficient (Wildman–Crippen LogP) is 6.17. The van der Waals surface area contributed by atoms with Crippen LogP contribution in [0.2, 0.25) is 0 Å². The van der Waals surface area contributed by atoms with Crippen LogP contribution in [0, 0.1) is 32.7 Å². The van der Waals surface area contributed by atoms with Crippen LogP contribution < -0.4 is 0 Å². The van der Waals surface area contributed by atoms with Crippen LogP contribution in [-0.4, -0.2) is 9.38 Å². The summed E-state index contributed by atoms with van der Waals surface area (Å²) in [4.78, 5) is 4.54. The second-order valence-corrected chi connectivity index (χ2v) is 7.17. The molecule has 0 aliphatic carbocycles. The summed E-state index contributed by atoms with van der Waals surface area (Å²) in [6, 6.07) is 17.0. The molecule has 5 aromatic rings. The Kier molecular flexibility index (Phi) is 4.57. The first-order chi connectivity index (χ1) is 13.1. The van der Waals surface area contributed by atoms with E-state index in [9.17, 15) is 0 Å². The largest absolute Gasteiger partial charge is 0.340 e. The average molecular weight is 546 g/mol. The zero-order valence-corrected chi connectivity index (χ0v) is 18.2. The van der Waals surface area contributed by atoms with E-state index in [1.807, 2.05) is 38.2 Å². The maximum atomic E-state index is 15.3. The van der Waals surface area contributed by atoms with E-state index in [1.165, 1.54) is 6.07 Å². The fourth-order valence-electron chi connectivity index (χ4n) is 4.17. The molecule has 0 bridgehead atoms. The quantitative estimate of drug-likeness (QED) is 0.182. The number of imidazole rings is 1. The van der Waals surface area contributed by atoms with Gasteiger partial charge in [0.2, 0.25) is 0 Å². The SMILES string of the molecule is Cc1ccc2c(c1)c1c(-c3c(C)cccc3C)c(F)c[c-]c1c1nccn21.[Ir]. The third-order valence-electron chi connectivity index (χ3n) is 5.36. The van der Waals surface area contributed by atoms with Crippen LogP contribution in [0.5, 0.6) is 0 Å². The van der Waals surface area contributed by atoms with Gasteiger partial charge >= 0.3 is 0 Å². The van der Waals surface area contributed by atoms with E-state index in [-0.39, 0.29) is 25.9 Å². The van der Waals surface area contributed by atoms with Gasteiger partial charge in [0.05, 0.1) is 5.65 Å². The van der Waals surface area contributed by atoms with Gasteiger partial charge in [-0.25, -0.2) is 0 Å². The molecule has 5 rings (SSSR count). The molecule has 0 aliphatic heterocycles. The first kappa shape index (κ1) is 18.8. The van der Waals surface area contributed by atoms with E-state index < -0.39 is 0 Å². The molecule has 2 heterocycles. The summed E-state index contributed by atoms with van der Waals surface area (Å²) in [6.45, 7) is 6.13. The molecule has 0 fully saturated rings. The number of halogens is 1. The third kappa shape index (κ3) is 2.60. The van der Waals surface area contributed by atoms with Crippen LogP contribution in [0.15, 0.2) is 54.9 Å². The fraction of sp³-hybridized carbons (Fsp3) is 0.125. The Morgan fingerprint density at radius 3 is 2.50 bits per heavy atom. The molecule has 0 aliphatic rings. The van der Waals surface area contributed by atoms with Gasteiger partial charge in [-0.05, 0) is 48.9 Å². The van der Waals surface area contributed by atoms with Crippen molar-refractivity contribution in [2.75, 3.05) is 0 Å². The Morgan fingerprint density at radius 1 is 1.00 bits per heavy atom. The van der Waals surface area contributed by atoms with Crippen molar-refractivity contribution in [1.29, 1.82) is 0 Å². The van der Waals surface area contributed by atoms with Crippen LogP contribution in [0.1, 0.15) is 16.7 Å². The summed E-state index contributed by atoms with van der Waals surface area (Å²) < 4.78 is 17.3. The van der Waals surface area contributed by atoms with Crippen molar-refractivity contribution >= 4 is 27.3 Å². The van der Waals surface area contributed by atoms with Crippen LogP contribution in [0.25, 0.3) is 38.4 Å². The molecular formula is C24H18FIrN2-. The molecule has 4 heteroatoms. The van der Waals surface area contributed by atoms with Crippen molar-refractivity contribution in [3.63, 3.8) is 0 Å². The number of aryl methyl sites for hydroxylation is 3. The number of hydrogen-bond donors (Lipinski definition) is 0. The zero-order chi connectivity index (χ0) is 18.7. The molecular weight excluding hydrogens is 527 g/mol. The van der Waals surface area contributed by atoms with E-state index >= 15 is 4.39 Å². The van der Waals surface area contributed by atoms with Crippen LogP contribution in [-0.2, 0) is 20.1 Å². The number of benzene rings is 3. The van der Waals surface area contributed by atoms with Gasteiger partial charge in [0.1, 0.15) is 0 Å². The zero-order valence-electron chi connectivity index (χ0n) is 15.8. The maximum Gasteiger partial charge on any atom is 0.0608 e. The van der Waals surface area contributed by atoms with E-state index in [0.29, 0.717) is 5.56 Å². The van der Waals surface area contributed by atoms with Gasteiger partial charge in [-0.2, -0.15) is 0 Å². The predicted molar refractivity (Wildman–Crippen MR) is 109 cm³/mol. The van der Waals surface area contributed by atoms with Gasteiger partial charge in [0, 0.05) is 43.8 Å². The summed E-state index contributed by atoms with van der Waals surface area (Å²) >= 11 is 0. The summed E-state index contributed by atoms with van der Waals surface area (Å²) in [6.07, 6.45) is 3.73. The van der Waals surface area contributed by atoms with E-state index in [0.717, 1.165) is 49.6 Å². The average Bonchev–Trinajstić information content (AvgIpc) is 3.12. The summed E-state index contributed by atoms with van der Waals surface area (Å²) in [5, 5.41) is 2.74. The minimum absolute atomic E-state index is 0. The minimum atomic E-state index is -0.251. The second kappa shape index (κ2) is 6.80. The maximum absolute atomic E-state index is 15.3. The molecule has 0 N–H and O–H groups in total. The summed E-state index contributed by atoms with van der Waals surface area (Å²) in [5.41, 5.74) is 6.67. The molecule has 0 saturated heterocycles. The topological polar surface area (TPSA) is 17.3 Å². The number of fused-ring (bicyclic) bond motifs is 6. The standard InChI is InChI=1S/C24H18FN2.Ir/c1-14-7-10-20-18(13-14)22-17(24-26-11-12-27(20)24)8-9-19(25)23(22)21-15(2)5-4-6-16(21)3;/h4-7,9-13H,1-3H3;/q-1;. The molecule has 1 radical (unpaired) electrons. The van der Waals surface area contributed by atoms with Gasteiger partial charge in [0.15, 0.2) is 0 Å². The van der Waals surface area contributed by atoms with Gasteiger partial charge in [-0.15, -0.1) is 12.1 Å². The molecule has 0 amide bonds. The van der Waals surface area contributed by atoms with Crippen molar-refractivity contribution < 1.29 is 24.5 Å². The minimum Gasteiger partial charge on any atom is -0.340 e. The molecule has 0 saturated carbocycles. The normalized spacial score (nSPS) is 11.3. The number of nitrogens with zero attached hydrogens (tertiary/aromatic N) is 2. The van der Waals surface area contributed by atoms with Gasteiger partial charge in [-0.1, -0.05) is 52.2 Å². The van der Waals surface area contributed by atoms with Crippen LogP contribution in [0.4, 0.5) is 4.39 Å². The third-order valence-corrected chi connectivity index (χ3v) is 5.36. The van der Waals surface area contributed by atoms with Gasteiger partial charge in [-0.3, -0.25) is 9.37 Å². The van der Waals surface area contributed by atoms with Gasteiger partial charge in [0.25, 0.3) is 0 Å². The number of rotatable bonds is 1. The Bertz CT molecular complexity index is 1350. The van der Waals surface area contributed by atoms with Crippen molar-refractivity contribution in [2.24, 2.45) is 0 Å². The number of pyridine rings is 1. The smallest absolute Gasteiger partial charge is 0.0608 e. The number of hydrogen-bond acceptors (Lipinski definition) is 1. The van der Waals surface area contributed by atoms with Gasteiger partial charge < -0.3 is 4.40 Å². The summed E-state index contributed by atoms with van der Waals surface area (Å²) in [5.74, 6) is -0.251. The van der Waals surface area contributed by atoms with E-state index in [1.54, 1.807) is 6.20 Å². The van der Waals surface area contributed by atoms with E-state index in [4.69, 9.17) is 0 Å². The Labute approximate surface area is 176 Å². The Hall–Kier alpha value is -2.55. The molecule has 0 unspecified atom stereocenters. The van der Waals surface area contributed by atoms with Crippen molar-refractivity contribution in [3.05, 3.63) is 83.4 Å². The van der Waals surface area contributed by atoms with Crippen molar-refractivity contribution in [2.45, 2.75) is 20.8 Å². The molecule has 0 spiro atoms. The number of aromatic nitrogens is 2. The molecule has 28 heavy (non-hydrogen) atoms. The van der Waals surface area contributed by atoms with Crippen LogP contribution in [0.3, 0.4) is 0 Å². The first-order valence-electron chi connectivity index (χ1n) is 9.02. The monoisotopic (exact) mass is 546 g/mol. The molecule has 3 aromatic carbocycles. The van der Waals surface area contributed by atoms with E-state index in [2.05, 4.69) is 40.6 Å². The molecule has 0 atom stereocenters. The van der Waals surface area contributed by atoms with Crippen molar-refractivity contribution in [3.8, 4) is 11.1 Å². The van der Waals surface area contributed by atoms with Crippen LogP contribution >= 0.6 is 0 Å². The molecule has 141 valence electrons. The molecule has 2 aromatic heterocycles. The molecule has 2 nitrogen and oxygen atoms in total. The first-order valence-corrected chi connectivity index (χ1v) is 9.02.